The SMILES string of the molecule is Oc1ccc(-c2noc(C3COCCN3)n2)cc1F. The summed E-state index contributed by atoms with van der Waals surface area (Å²) in [7, 11) is 0. The Balaban J connectivity index is 1.85. The maximum Gasteiger partial charge on any atom is 0.246 e. The van der Waals surface area contributed by atoms with E-state index >= 15 is 0 Å². The van der Waals surface area contributed by atoms with Crippen molar-refractivity contribution in [3.63, 3.8) is 0 Å². The standard InChI is InChI=1S/C12H12FN3O3/c13-8-5-7(1-2-10(8)17)11-15-12(19-16-11)9-6-18-4-3-14-9/h1-2,5,9,14,17H,3-4,6H2. The Morgan fingerprint density at radius 2 is 2.32 bits per heavy atom. The van der Waals surface area contributed by atoms with Crippen molar-refractivity contribution in [2.75, 3.05) is 19.8 Å². The van der Waals surface area contributed by atoms with Crippen LogP contribution < -0.4 is 5.32 Å². The monoisotopic (exact) mass is 265 g/mol. The summed E-state index contributed by atoms with van der Waals surface area (Å²) in [4.78, 5) is 4.21. The molecule has 7 heteroatoms. The molecule has 0 spiro atoms. The van der Waals surface area contributed by atoms with Crippen molar-refractivity contribution in [3.8, 4) is 17.1 Å². The predicted molar refractivity (Wildman–Crippen MR) is 62.9 cm³/mol. The first-order chi connectivity index (χ1) is 9.24. The quantitative estimate of drug-likeness (QED) is 0.850. The molecule has 0 radical (unpaired) electrons. The van der Waals surface area contributed by atoms with E-state index in [-0.39, 0.29) is 11.9 Å². The largest absolute Gasteiger partial charge is 0.505 e. The number of ether oxygens (including phenoxy) is 1. The van der Waals surface area contributed by atoms with E-state index in [1.165, 1.54) is 12.1 Å². The number of halogens is 1. The van der Waals surface area contributed by atoms with Gasteiger partial charge in [0.2, 0.25) is 11.7 Å². The summed E-state index contributed by atoms with van der Waals surface area (Å²) in [6.07, 6.45) is 0. The van der Waals surface area contributed by atoms with Gasteiger partial charge in [0.15, 0.2) is 11.6 Å². The average molecular weight is 265 g/mol. The lowest BCUT2D eigenvalue weighted by molar-refractivity contribution is 0.0659. The van der Waals surface area contributed by atoms with Crippen LogP contribution in [-0.4, -0.2) is 35.0 Å². The minimum absolute atomic E-state index is 0.142. The number of phenolic OH excluding ortho intramolecular Hbond substituents is 1. The van der Waals surface area contributed by atoms with Gasteiger partial charge in [-0.3, -0.25) is 0 Å². The number of aromatic hydroxyl groups is 1. The third kappa shape index (κ3) is 2.42. The highest BCUT2D eigenvalue weighted by Crippen LogP contribution is 2.24. The van der Waals surface area contributed by atoms with Gasteiger partial charge < -0.3 is 19.7 Å². The molecule has 1 atom stereocenters. The number of rotatable bonds is 2. The number of aromatic nitrogens is 2. The molecule has 1 unspecified atom stereocenters. The number of benzene rings is 1. The molecule has 100 valence electrons. The minimum Gasteiger partial charge on any atom is -0.505 e. The van der Waals surface area contributed by atoms with Gasteiger partial charge in [-0.25, -0.2) is 4.39 Å². The number of morpholine rings is 1. The van der Waals surface area contributed by atoms with Crippen LogP contribution in [0, 0.1) is 5.82 Å². The van der Waals surface area contributed by atoms with E-state index in [0.717, 1.165) is 12.6 Å². The number of hydrogen-bond donors (Lipinski definition) is 2. The van der Waals surface area contributed by atoms with Gasteiger partial charge in [0.1, 0.15) is 6.04 Å². The third-order valence-electron chi connectivity index (χ3n) is 2.87. The maximum absolute atomic E-state index is 13.3. The minimum atomic E-state index is -0.719. The highest BCUT2D eigenvalue weighted by molar-refractivity contribution is 5.55. The summed E-state index contributed by atoms with van der Waals surface area (Å²) < 4.78 is 23.7. The molecule has 0 saturated carbocycles. The zero-order chi connectivity index (χ0) is 13.2. The average Bonchev–Trinajstić information content (AvgIpc) is 2.93. The number of hydrogen-bond acceptors (Lipinski definition) is 6. The second kappa shape index (κ2) is 4.94. The summed E-state index contributed by atoms with van der Waals surface area (Å²) in [5, 5.41) is 16.1. The smallest absolute Gasteiger partial charge is 0.246 e. The molecule has 0 aliphatic carbocycles. The number of nitrogens with zero attached hydrogens (tertiary/aromatic N) is 2. The van der Waals surface area contributed by atoms with Crippen LogP contribution in [0.2, 0.25) is 0 Å². The fourth-order valence-electron chi connectivity index (χ4n) is 1.86. The molecule has 1 aliphatic heterocycles. The molecule has 3 rings (SSSR count). The van der Waals surface area contributed by atoms with E-state index < -0.39 is 11.6 Å². The van der Waals surface area contributed by atoms with Crippen molar-refractivity contribution in [1.29, 1.82) is 0 Å². The van der Waals surface area contributed by atoms with E-state index in [0.29, 0.717) is 24.7 Å². The zero-order valence-corrected chi connectivity index (χ0v) is 9.97. The van der Waals surface area contributed by atoms with Crippen LogP contribution in [0.3, 0.4) is 0 Å². The lowest BCUT2D eigenvalue weighted by Gasteiger charge is -2.20. The second-order valence-corrected chi connectivity index (χ2v) is 4.20. The van der Waals surface area contributed by atoms with Crippen LogP contribution in [0.15, 0.2) is 22.7 Å². The summed E-state index contributed by atoms with van der Waals surface area (Å²) in [6, 6.07) is 3.80. The van der Waals surface area contributed by atoms with Crippen LogP contribution in [-0.2, 0) is 4.74 Å². The summed E-state index contributed by atoms with van der Waals surface area (Å²) in [5.41, 5.74) is 0.446. The normalized spacial score (nSPS) is 19.5. The van der Waals surface area contributed by atoms with Gasteiger partial charge in [-0.1, -0.05) is 5.16 Å². The Hall–Kier alpha value is -1.99. The third-order valence-corrected chi connectivity index (χ3v) is 2.87. The highest BCUT2D eigenvalue weighted by atomic mass is 19.1. The van der Waals surface area contributed by atoms with Crippen LogP contribution in [0.5, 0.6) is 5.75 Å². The molecule has 2 aromatic rings. The predicted octanol–water partition coefficient (Wildman–Crippen LogP) is 1.24. The highest BCUT2D eigenvalue weighted by Gasteiger charge is 2.22. The molecular weight excluding hydrogens is 253 g/mol. The Labute approximate surface area is 108 Å². The topological polar surface area (TPSA) is 80.4 Å². The molecule has 1 aromatic heterocycles. The molecule has 19 heavy (non-hydrogen) atoms. The maximum atomic E-state index is 13.3. The molecule has 1 aromatic carbocycles. The molecule has 6 nitrogen and oxygen atoms in total. The van der Waals surface area contributed by atoms with Gasteiger partial charge in [-0.2, -0.15) is 4.98 Å². The molecule has 2 N–H and O–H groups in total. The van der Waals surface area contributed by atoms with Gasteiger partial charge in [0.25, 0.3) is 0 Å². The Morgan fingerprint density at radius 1 is 1.42 bits per heavy atom. The summed E-state index contributed by atoms with van der Waals surface area (Å²) >= 11 is 0. The molecule has 1 saturated heterocycles. The van der Waals surface area contributed by atoms with E-state index in [9.17, 15) is 4.39 Å². The van der Waals surface area contributed by atoms with Crippen molar-refractivity contribution in [2.45, 2.75) is 6.04 Å². The van der Waals surface area contributed by atoms with Crippen LogP contribution in [0.1, 0.15) is 11.9 Å². The van der Waals surface area contributed by atoms with Gasteiger partial charge in [0.05, 0.1) is 13.2 Å². The first-order valence-electron chi connectivity index (χ1n) is 5.87. The van der Waals surface area contributed by atoms with Crippen molar-refractivity contribution in [2.24, 2.45) is 0 Å². The molecule has 1 aliphatic rings. The van der Waals surface area contributed by atoms with Crippen molar-refractivity contribution >= 4 is 0 Å². The van der Waals surface area contributed by atoms with Crippen molar-refractivity contribution in [3.05, 3.63) is 29.9 Å². The molecule has 0 bridgehead atoms. The number of phenols is 1. The second-order valence-electron chi connectivity index (χ2n) is 4.20. The summed E-state index contributed by atoms with van der Waals surface area (Å²) in [6.45, 7) is 1.84. The van der Waals surface area contributed by atoms with Crippen LogP contribution in [0.25, 0.3) is 11.4 Å². The lowest BCUT2D eigenvalue weighted by Crippen LogP contribution is -2.34. The fourth-order valence-corrected chi connectivity index (χ4v) is 1.86. The van der Waals surface area contributed by atoms with Crippen LogP contribution in [0.4, 0.5) is 4.39 Å². The molecular formula is C12H12FN3O3. The van der Waals surface area contributed by atoms with Crippen LogP contribution >= 0.6 is 0 Å². The van der Waals surface area contributed by atoms with E-state index in [4.69, 9.17) is 14.4 Å². The molecule has 0 amide bonds. The van der Waals surface area contributed by atoms with Gasteiger partial charge in [0, 0.05) is 12.1 Å². The lowest BCUT2D eigenvalue weighted by atomic mass is 10.2. The first-order valence-corrected chi connectivity index (χ1v) is 5.87. The van der Waals surface area contributed by atoms with Gasteiger partial charge in [-0.05, 0) is 18.2 Å². The van der Waals surface area contributed by atoms with Gasteiger partial charge in [-0.15, -0.1) is 0 Å². The summed E-state index contributed by atoms with van der Waals surface area (Å²) in [5.74, 6) is -0.442. The fraction of sp³-hybridized carbons (Fsp3) is 0.333. The Kier molecular flexibility index (Phi) is 3.14. The van der Waals surface area contributed by atoms with Gasteiger partial charge >= 0.3 is 0 Å². The van der Waals surface area contributed by atoms with E-state index in [1.54, 1.807) is 0 Å². The van der Waals surface area contributed by atoms with Crippen molar-refractivity contribution in [1.82, 2.24) is 15.5 Å². The Bertz CT molecular complexity index is 581. The van der Waals surface area contributed by atoms with Crippen molar-refractivity contribution < 1.29 is 18.8 Å². The molecule has 2 heterocycles. The number of nitrogens with one attached hydrogen (secondary N) is 1. The van der Waals surface area contributed by atoms with E-state index in [2.05, 4.69) is 15.5 Å². The molecule has 1 fully saturated rings. The first kappa shape index (κ1) is 12.1. The Morgan fingerprint density at radius 3 is 3.05 bits per heavy atom. The van der Waals surface area contributed by atoms with E-state index in [1.807, 2.05) is 0 Å². The zero-order valence-electron chi connectivity index (χ0n) is 9.97.